The zero-order chi connectivity index (χ0) is 19.8. The summed E-state index contributed by atoms with van der Waals surface area (Å²) < 4.78 is 11.0. The highest BCUT2D eigenvalue weighted by Crippen LogP contribution is 2.30. The average Bonchev–Trinajstić information content (AvgIpc) is 2.69. The Morgan fingerprint density at radius 2 is 1.71 bits per heavy atom. The number of ether oxygens (including phenoxy) is 1. The first-order valence-electron chi connectivity index (χ1n) is 8.92. The molecule has 0 amide bonds. The fourth-order valence-electron chi connectivity index (χ4n) is 3.28. The Kier molecular flexibility index (Phi) is 4.65. The molecule has 5 heteroatoms. The van der Waals surface area contributed by atoms with E-state index < -0.39 is 5.97 Å². The van der Waals surface area contributed by atoms with Gasteiger partial charge >= 0.3 is 5.97 Å². The molecule has 0 radical (unpaired) electrons. The predicted octanol–water partition coefficient (Wildman–Crippen LogP) is 5.75. The summed E-state index contributed by atoms with van der Waals surface area (Å²) in [4.78, 5) is 25.4. The monoisotopic (exact) mass is 392 g/mol. The number of hydrogen-bond acceptors (Lipinski definition) is 4. The minimum absolute atomic E-state index is 0.103. The molecule has 0 bridgehead atoms. The molecular formula is C23H17ClO4. The molecule has 4 rings (SSSR count). The van der Waals surface area contributed by atoms with Crippen molar-refractivity contribution in [1.82, 2.24) is 0 Å². The molecule has 0 fully saturated rings. The first kappa shape index (κ1) is 18.3. The van der Waals surface area contributed by atoms with Crippen molar-refractivity contribution in [3.05, 3.63) is 81.0 Å². The van der Waals surface area contributed by atoms with E-state index in [0.29, 0.717) is 43.7 Å². The third-order valence-corrected chi connectivity index (χ3v) is 4.85. The molecule has 0 unspecified atom stereocenters. The third kappa shape index (κ3) is 3.16. The molecule has 0 saturated heterocycles. The maximum absolute atomic E-state index is 13.0. The number of fused-ring (bicyclic) bond motifs is 2. The van der Waals surface area contributed by atoms with Crippen LogP contribution in [0.15, 0.2) is 63.8 Å². The van der Waals surface area contributed by atoms with Gasteiger partial charge in [0.1, 0.15) is 11.2 Å². The maximum Gasteiger partial charge on any atom is 0.338 e. The van der Waals surface area contributed by atoms with E-state index >= 15 is 0 Å². The minimum atomic E-state index is -0.457. The number of benzene rings is 3. The molecule has 0 aliphatic rings. The average molecular weight is 393 g/mol. The quantitative estimate of drug-likeness (QED) is 0.329. The number of rotatable bonds is 3. The lowest BCUT2D eigenvalue weighted by Crippen LogP contribution is -2.07. The molecule has 0 N–H and O–H groups in total. The lowest BCUT2D eigenvalue weighted by Gasteiger charge is -2.11. The molecule has 140 valence electrons. The molecule has 28 heavy (non-hydrogen) atoms. The molecule has 1 aromatic heterocycles. The Labute approximate surface area is 166 Å². The molecule has 0 aliphatic carbocycles. The fraction of sp³-hybridized carbons (Fsp3) is 0.130. The van der Waals surface area contributed by atoms with E-state index in [4.69, 9.17) is 20.8 Å². The summed E-state index contributed by atoms with van der Waals surface area (Å²) in [5.41, 5.74) is 3.65. The molecule has 0 spiro atoms. The standard InChI is InChI=1S/C23H17ClO4/c1-3-27-23(26)17-12-15(24)6-7-16(17)14-5-9-21-19(11-14)22(25)18-10-13(2)4-8-20(18)28-21/h4-12H,3H2,1-2H3. The van der Waals surface area contributed by atoms with Crippen LogP contribution in [-0.4, -0.2) is 12.6 Å². The van der Waals surface area contributed by atoms with Gasteiger partial charge in [0.05, 0.1) is 22.9 Å². The number of esters is 1. The summed E-state index contributed by atoms with van der Waals surface area (Å²) in [6.45, 7) is 3.94. The summed E-state index contributed by atoms with van der Waals surface area (Å²) in [7, 11) is 0. The van der Waals surface area contributed by atoms with Crippen LogP contribution in [0.25, 0.3) is 33.1 Å². The zero-order valence-corrected chi connectivity index (χ0v) is 16.2. The Morgan fingerprint density at radius 1 is 1.00 bits per heavy atom. The number of carbonyl (C=O) groups excluding carboxylic acids is 1. The molecule has 0 atom stereocenters. The van der Waals surface area contributed by atoms with Gasteiger partial charge in [0, 0.05) is 5.02 Å². The normalized spacial score (nSPS) is 11.1. The first-order valence-corrected chi connectivity index (χ1v) is 9.30. The Balaban J connectivity index is 1.96. The predicted molar refractivity (Wildman–Crippen MR) is 111 cm³/mol. The van der Waals surface area contributed by atoms with Crippen molar-refractivity contribution < 1.29 is 13.9 Å². The number of halogens is 1. The van der Waals surface area contributed by atoms with Gasteiger partial charge in [0.2, 0.25) is 5.43 Å². The van der Waals surface area contributed by atoms with Crippen molar-refractivity contribution in [2.75, 3.05) is 6.61 Å². The highest BCUT2D eigenvalue weighted by molar-refractivity contribution is 6.31. The van der Waals surface area contributed by atoms with E-state index in [0.717, 1.165) is 5.56 Å². The zero-order valence-electron chi connectivity index (χ0n) is 15.4. The Morgan fingerprint density at radius 3 is 2.46 bits per heavy atom. The molecule has 4 nitrogen and oxygen atoms in total. The van der Waals surface area contributed by atoms with Crippen molar-refractivity contribution in [3.63, 3.8) is 0 Å². The van der Waals surface area contributed by atoms with Gasteiger partial charge in [0.15, 0.2) is 0 Å². The van der Waals surface area contributed by atoms with Gasteiger partial charge in [-0.15, -0.1) is 0 Å². The Hall–Kier alpha value is -3.11. The van der Waals surface area contributed by atoms with Gasteiger partial charge in [-0.3, -0.25) is 4.79 Å². The van der Waals surface area contributed by atoms with Crippen LogP contribution in [0.1, 0.15) is 22.8 Å². The summed E-state index contributed by atoms with van der Waals surface area (Å²) >= 11 is 6.08. The number of carbonyl (C=O) groups is 1. The second kappa shape index (κ2) is 7.13. The lowest BCUT2D eigenvalue weighted by atomic mass is 9.98. The van der Waals surface area contributed by atoms with Crippen LogP contribution >= 0.6 is 11.6 Å². The fourth-order valence-corrected chi connectivity index (χ4v) is 3.46. The van der Waals surface area contributed by atoms with E-state index in [1.54, 1.807) is 43.3 Å². The van der Waals surface area contributed by atoms with Gasteiger partial charge in [0.25, 0.3) is 0 Å². The van der Waals surface area contributed by atoms with Crippen LogP contribution in [0.4, 0.5) is 0 Å². The SMILES string of the molecule is CCOC(=O)c1cc(Cl)ccc1-c1ccc2oc3ccc(C)cc3c(=O)c2c1. The largest absolute Gasteiger partial charge is 0.462 e. The molecule has 3 aromatic carbocycles. The van der Waals surface area contributed by atoms with Crippen LogP contribution in [0.3, 0.4) is 0 Å². The van der Waals surface area contributed by atoms with Crippen LogP contribution in [0.2, 0.25) is 5.02 Å². The lowest BCUT2D eigenvalue weighted by molar-refractivity contribution is 0.0527. The highest BCUT2D eigenvalue weighted by atomic mass is 35.5. The number of hydrogen-bond donors (Lipinski definition) is 0. The van der Waals surface area contributed by atoms with Crippen molar-refractivity contribution in [1.29, 1.82) is 0 Å². The third-order valence-electron chi connectivity index (χ3n) is 4.61. The second-order valence-corrected chi connectivity index (χ2v) is 6.99. The van der Waals surface area contributed by atoms with E-state index in [9.17, 15) is 9.59 Å². The van der Waals surface area contributed by atoms with Crippen LogP contribution in [0.5, 0.6) is 0 Å². The molecular weight excluding hydrogens is 376 g/mol. The van der Waals surface area contributed by atoms with Gasteiger partial charge in [-0.1, -0.05) is 35.4 Å². The van der Waals surface area contributed by atoms with Crippen molar-refractivity contribution in [2.24, 2.45) is 0 Å². The van der Waals surface area contributed by atoms with E-state index in [2.05, 4.69) is 0 Å². The summed E-state index contributed by atoms with van der Waals surface area (Å²) in [5.74, 6) is -0.457. The van der Waals surface area contributed by atoms with Crippen molar-refractivity contribution in [2.45, 2.75) is 13.8 Å². The van der Waals surface area contributed by atoms with Crippen LogP contribution in [0, 0.1) is 6.92 Å². The minimum Gasteiger partial charge on any atom is -0.462 e. The topological polar surface area (TPSA) is 56.5 Å². The first-order chi connectivity index (χ1) is 13.5. The van der Waals surface area contributed by atoms with Crippen molar-refractivity contribution in [3.8, 4) is 11.1 Å². The van der Waals surface area contributed by atoms with Gasteiger partial charge in [-0.2, -0.15) is 0 Å². The molecule has 0 aliphatic heterocycles. The van der Waals surface area contributed by atoms with Gasteiger partial charge in [-0.05, 0) is 61.4 Å². The molecule has 4 aromatic rings. The number of aryl methyl sites for hydroxylation is 1. The molecule has 0 saturated carbocycles. The second-order valence-electron chi connectivity index (χ2n) is 6.55. The van der Waals surface area contributed by atoms with Crippen LogP contribution in [-0.2, 0) is 4.74 Å². The summed E-state index contributed by atoms with van der Waals surface area (Å²) in [6.07, 6.45) is 0. The maximum atomic E-state index is 13.0. The van der Waals surface area contributed by atoms with Gasteiger partial charge in [-0.25, -0.2) is 4.79 Å². The van der Waals surface area contributed by atoms with E-state index in [1.807, 2.05) is 25.1 Å². The van der Waals surface area contributed by atoms with Gasteiger partial charge < -0.3 is 9.15 Å². The van der Waals surface area contributed by atoms with E-state index in [-0.39, 0.29) is 12.0 Å². The summed E-state index contributed by atoms with van der Waals surface area (Å²) in [5, 5.41) is 1.43. The Bertz CT molecular complexity index is 1290. The summed E-state index contributed by atoms with van der Waals surface area (Å²) in [6, 6.07) is 15.9. The van der Waals surface area contributed by atoms with Crippen LogP contribution < -0.4 is 5.43 Å². The van der Waals surface area contributed by atoms with Crippen molar-refractivity contribution >= 4 is 39.5 Å². The highest BCUT2D eigenvalue weighted by Gasteiger charge is 2.16. The smallest absolute Gasteiger partial charge is 0.338 e. The van der Waals surface area contributed by atoms with E-state index in [1.165, 1.54) is 0 Å². The molecule has 1 heterocycles.